The van der Waals surface area contributed by atoms with Crippen molar-refractivity contribution in [3.63, 3.8) is 0 Å². The standard InChI is InChI=1S/C21H20N4O5.2Na/c1-25-10-8-17(26)19(20(25)29)24-21(30)23-16(12-18(27)28)14-6-4-5-13(11-14)15-7-2-3-9-22-15;;/h2-11,16,26H,12H2,1H3,(H,27,28)(H2,23,24,30);;/q;2*+1/p-2/t16-;;/m0../s1. The number of carboxylic acids is 1. The quantitative estimate of drug-likeness (QED) is 0.358. The van der Waals surface area contributed by atoms with Crippen LogP contribution < -0.4 is 85.5 Å². The molecule has 3 aromatic rings. The second-order valence-electron chi connectivity index (χ2n) is 6.54. The Labute approximate surface area is 228 Å². The van der Waals surface area contributed by atoms with Gasteiger partial charge < -0.3 is 30.2 Å². The van der Waals surface area contributed by atoms with E-state index >= 15 is 0 Å². The minimum absolute atomic E-state index is 0. The van der Waals surface area contributed by atoms with Crippen LogP contribution in [0, 0.1) is 0 Å². The number of benzene rings is 1. The maximum atomic E-state index is 12.4. The summed E-state index contributed by atoms with van der Waals surface area (Å²) in [6, 6.07) is 11.6. The van der Waals surface area contributed by atoms with E-state index in [2.05, 4.69) is 15.6 Å². The van der Waals surface area contributed by atoms with Gasteiger partial charge in [0, 0.05) is 37.4 Å². The molecule has 1 aromatic carbocycles. The Morgan fingerprint density at radius 1 is 1.12 bits per heavy atom. The summed E-state index contributed by atoms with van der Waals surface area (Å²) in [6.45, 7) is 0. The maximum absolute atomic E-state index is 12.4. The van der Waals surface area contributed by atoms with Gasteiger partial charge in [-0.3, -0.25) is 9.78 Å². The molecule has 2 aromatic heterocycles. The Balaban J connectivity index is 0.00000256. The average molecular weight is 452 g/mol. The number of aryl methyl sites for hydroxylation is 1. The zero-order valence-corrected chi connectivity index (χ0v) is 22.0. The summed E-state index contributed by atoms with van der Waals surface area (Å²) in [6.07, 6.45) is 2.42. The molecule has 0 radical (unpaired) electrons. The number of rotatable bonds is 6. The van der Waals surface area contributed by atoms with Crippen LogP contribution in [0.1, 0.15) is 18.0 Å². The van der Waals surface area contributed by atoms with E-state index in [1.807, 2.05) is 6.07 Å². The number of amides is 2. The summed E-state index contributed by atoms with van der Waals surface area (Å²) in [5, 5.41) is 27.8. The molecule has 154 valence electrons. The number of hydrogen-bond acceptors (Lipinski definition) is 6. The first-order valence-corrected chi connectivity index (χ1v) is 9.00. The van der Waals surface area contributed by atoms with E-state index in [-0.39, 0.29) is 59.1 Å². The summed E-state index contributed by atoms with van der Waals surface area (Å²) < 4.78 is 1.14. The van der Waals surface area contributed by atoms with E-state index < -0.39 is 41.5 Å². The number of urea groups is 1. The van der Waals surface area contributed by atoms with Gasteiger partial charge in [0.15, 0.2) is 0 Å². The molecule has 0 spiro atoms. The molecule has 32 heavy (non-hydrogen) atoms. The Morgan fingerprint density at radius 3 is 2.53 bits per heavy atom. The van der Waals surface area contributed by atoms with E-state index in [1.165, 1.54) is 13.2 Å². The predicted octanol–water partition coefficient (Wildman–Crippen LogP) is -5.47. The number of nitrogens with one attached hydrogen (secondary N) is 2. The van der Waals surface area contributed by atoms with Gasteiger partial charge in [-0.2, -0.15) is 0 Å². The number of nitrogens with zero attached hydrogens (tertiary/aromatic N) is 2. The molecule has 3 rings (SSSR count). The van der Waals surface area contributed by atoms with Crippen molar-refractivity contribution < 1.29 is 78.9 Å². The Morgan fingerprint density at radius 2 is 1.88 bits per heavy atom. The summed E-state index contributed by atoms with van der Waals surface area (Å²) in [5.74, 6) is -2.02. The van der Waals surface area contributed by atoms with Crippen molar-refractivity contribution in [1.82, 2.24) is 14.9 Å². The van der Waals surface area contributed by atoms with Gasteiger partial charge in [0.2, 0.25) is 0 Å². The van der Waals surface area contributed by atoms with Crippen LogP contribution in [0.15, 0.2) is 65.7 Å². The zero-order valence-electron chi connectivity index (χ0n) is 18.0. The largest absolute Gasteiger partial charge is 1.00 e. The van der Waals surface area contributed by atoms with Crippen molar-refractivity contribution in [3.05, 3.63) is 76.8 Å². The van der Waals surface area contributed by atoms with Gasteiger partial charge in [0.1, 0.15) is 5.69 Å². The number of anilines is 1. The number of carboxylic acid groups (broad SMARTS) is 1. The third kappa shape index (κ3) is 7.19. The molecule has 11 heteroatoms. The summed E-state index contributed by atoms with van der Waals surface area (Å²) in [7, 11) is 1.44. The average Bonchev–Trinajstić information content (AvgIpc) is 2.74. The SMILES string of the molecule is Cn1ccc([O-])c(NC(=O)N[C@@H](CC(=O)[O-])c2cccc(-c3ccccn3)c2)c1=O.[Na+].[Na+]. The molecule has 0 unspecified atom stereocenters. The maximum Gasteiger partial charge on any atom is 1.00 e. The second kappa shape index (κ2) is 12.8. The summed E-state index contributed by atoms with van der Waals surface area (Å²) in [4.78, 5) is 40.0. The topological polar surface area (TPSA) is 139 Å². The number of aliphatic carboxylic acids is 1. The first-order chi connectivity index (χ1) is 14.3. The van der Waals surface area contributed by atoms with Gasteiger partial charge in [-0.1, -0.05) is 36.1 Å². The van der Waals surface area contributed by atoms with Crippen LogP contribution in [0.2, 0.25) is 0 Å². The zero-order chi connectivity index (χ0) is 21.7. The van der Waals surface area contributed by atoms with Crippen molar-refractivity contribution >= 4 is 17.7 Å². The Bertz CT molecular complexity index is 1140. The number of hydrogen-bond donors (Lipinski definition) is 2. The van der Waals surface area contributed by atoms with Crippen LogP contribution in [0.5, 0.6) is 5.75 Å². The van der Waals surface area contributed by atoms with E-state index in [1.54, 1.807) is 42.6 Å². The monoisotopic (exact) mass is 452 g/mol. The first kappa shape index (κ1) is 27.9. The summed E-state index contributed by atoms with van der Waals surface area (Å²) in [5.41, 5.74) is 0.816. The normalized spacial score (nSPS) is 10.8. The van der Waals surface area contributed by atoms with Crippen LogP contribution in [0.3, 0.4) is 0 Å². The van der Waals surface area contributed by atoms with E-state index in [4.69, 9.17) is 0 Å². The predicted molar refractivity (Wildman–Crippen MR) is 105 cm³/mol. The van der Waals surface area contributed by atoms with Crippen LogP contribution in [-0.4, -0.2) is 21.6 Å². The number of aromatic nitrogens is 2. The molecule has 2 N–H and O–H groups in total. The fourth-order valence-electron chi connectivity index (χ4n) is 2.90. The van der Waals surface area contributed by atoms with Crippen molar-refractivity contribution in [2.45, 2.75) is 12.5 Å². The molecule has 1 atom stereocenters. The number of pyridine rings is 2. The van der Waals surface area contributed by atoms with Crippen molar-refractivity contribution in [2.75, 3.05) is 5.32 Å². The van der Waals surface area contributed by atoms with Crippen molar-refractivity contribution in [1.29, 1.82) is 0 Å². The fraction of sp³-hybridized carbons (Fsp3) is 0.143. The van der Waals surface area contributed by atoms with Gasteiger partial charge >= 0.3 is 65.1 Å². The third-order valence-electron chi connectivity index (χ3n) is 4.39. The molecule has 2 heterocycles. The molecule has 0 saturated carbocycles. The van der Waals surface area contributed by atoms with Gasteiger partial charge in [-0.05, 0) is 23.8 Å². The first-order valence-electron chi connectivity index (χ1n) is 9.00. The van der Waals surface area contributed by atoms with Crippen molar-refractivity contribution in [2.24, 2.45) is 7.05 Å². The van der Waals surface area contributed by atoms with E-state index in [9.17, 15) is 24.6 Å². The van der Waals surface area contributed by atoms with Crippen LogP contribution in [0.25, 0.3) is 11.3 Å². The molecule has 0 fully saturated rings. The van der Waals surface area contributed by atoms with Gasteiger partial charge in [0.25, 0.3) is 5.56 Å². The van der Waals surface area contributed by atoms with Crippen LogP contribution in [-0.2, 0) is 11.8 Å². The summed E-state index contributed by atoms with van der Waals surface area (Å²) >= 11 is 0. The van der Waals surface area contributed by atoms with Gasteiger partial charge in [0.05, 0.1) is 11.7 Å². The number of carbonyl (C=O) groups is 2. The minimum atomic E-state index is -1.37. The Kier molecular flexibility index (Phi) is 11.1. The molecular formula is C21H18N4Na2O5. The van der Waals surface area contributed by atoms with Crippen molar-refractivity contribution in [3.8, 4) is 17.0 Å². The third-order valence-corrected chi connectivity index (χ3v) is 4.39. The molecular weight excluding hydrogens is 434 g/mol. The van der Waals surface area contributed by atoms with E-state index in [0.29, 0.717) is 11.3 Å². The molecule has 9 nitrogen and oxygen atoms in total. The fourth-order valence-corrected chi connectivity index (χ4v) is 2.90. The number of carbonyl (C=O) groups excluding carboxylic acids is 2. The molecule has 0 aliphatic rings. The molecule has 2 amide bonds. The van der Waals surface area contributed by atoms with Gasteiger partial charge in [-0.15, -0.1) is 0 Å². The molecule has 0 saturated heterocycles. The van der Waals surface area contributed by atoms with E-state index in [0.717, 1.165) is 16.2 Å². The molecule has 0 bridgehead atoms. The molecule has 0 aliphatic heterocycles. The molecule has 0 aliphatic carbocycles. The van der Waals surface area contributed by atoms with Crippen LogP contribution >= 0.6 is 0 Å². The smallest absolute Gasteiger partial charge is 0.871 e. The van der Waals surface area contributed by atoms with Crippen LogP contribution in [0.4, 0.5) is 10.5 Å². The Hall–Kier alpha value is -2.14. The second-order valence-corrected chi connectivity index (χ2v) is 6.54. The minimum Gasteiger partial charge on any atom is -0.871 e. The van der Waals surface area contributed by atoms with Gasteiger partial charge in [-0.25, -0.2) is 4.79 Å².